The Labute approximate surface area is 107 Å². The molecular formula is C12H17Cl2NO. The Morgan fingerprint density at radius 2 is 2.06 bits per heavy atom. The predicted molar refractivity (Wildman–Crippen MR) is 69.8 cm³/mol. The van der Waals surface area contributed by atoms with E-state index in [2.05, 4.69) is 19.2 Å². The second-order valence-electron chi connectivity index (χ2n) is 4.29. The summed E-state index contributed by atoms with van der Waals surface area (Å²) < 4.78 is 5.13. The maximum absolute atomic E-state index is 6.10. The minimum atomic E-state index is -0.00913. The van der Waals surface area contributed by atoms with Gasteiger partial charge in [0, 0.05) is 12.0 Å². The standard InChI is InChI=1S/C12H17Cl2NO/c1-12(2,7-15-8-13)9-4-5-11(16-3)10(14)6-9/h4-6,15H,7-8H2,1-3H3. The van der Waals surface area contributed by atoms with Crippen LogP contribution in [0.25, 0.3) is 0 Å². The third kappa shape index (κ3) is 3.27. The van der Waals surface area contributed by atoms with Crippen molar-refractivity contribution in [2.75, 3.05) is 19.7 Å². The van der Waals surface area contributed by atoms with Gasteiger partial charge in [0.05, 0.1) is 18.1 Å². The summed E-state index contributed by atoms with van der Waals surface area (Å²) in [4.78, 5) is 0. The van der Waals surface area contributed by atoms with Crippen molar-refractivity contribution in [1.82, 2.24) is 5.32 Å². The summed E-state index contributed by atoms with van der Waals surface area (Å²) in [5.74, 6) is 0.700. The summed E-state index contributed by atoms with van der Waals surface area (Å²) in [6, 6.07) is 6.31. The number of ether oxygens (including phenoxy) is 1. The van der Waals surface area contributed by atoms with Crippen LogP contribution in [-0.4, -0.2) is 19.7 Å². The van der Waals surface area contributed by atoms with Gasteiger partial charge in [0.2, 0.25) is 0 Å². The Hall–Kier alpha value is -0.440. The maximum Gasteiger partial charge on any atom is 0.137 e. The summed E-state index contributed by atoms with van der Waals surface area (Å²) in [6.45, 7) is 5.09. The molecular weight excluding hydrogens is 245 g/mol. The van der Waals surface area contributed by atoms with E-state index >= 15 is 0 Å². The summed E-state index contributed by atoms with van der Waals surface area (Å²) in [5, 5.41) is 3.76. The van der Waals surface area contributed by atoms with E-state index in [4.69, 9.17) is 27.9 Å². The number of benzene rings is 1. The molecule has 1 aromatic carbocycles. The lowest BCUT2D eigenvalue weighted by Gasteiger charge is -2.25. The zero-order chi connectivity index (χ0) is 12.2. The van der Waals surface area contributed by atoms with Crippen LogP contribution < -0.4 is 10.1 Å². The first-order chi connectivity index (χ1) is 7.51. The highest BCUT2D eigenvalue weighted by molar-refractivity contribution is 6.32. The summed E-state index contributed by atoms with van der Waals surface area (Å²) in [7, 11) is 1.61. The summed E-state index contributed by atoms with van der Waals surface area (Å²) in [5.41, 5.74) is 1.15. The van der Waals surface area contributed by atoms with Crippen molar-refractivity contribution in [3.8, 4) is 5.75 Å². The van der Waals surface area contributed by atoms with Crippen LogP contribution in [0, 0.1) is 0 Å². The molecule has 0 aliphatic carbocycles. The number of hydrogen-bond acceptors (Lipinski definition) is 2. The van der Waals surface area contributed by atoms with Gasteiger partial charge in [-0.05, 0) is 17.7 Å². The van der Waals surface area contributed by atoms with Crippen LogP contribution in [0.2, 0.25) is 5.02 Å². The molecule has 16 heavy (non-hydrogen) atoms. The molecule has 0 fully saturated rings. The van der Waals surface area contributed by atoms with E-state index in [9.17, 15) is 0 Å². The van der Waals surface area contributed by atoms with E-state index in [1.165, 1.54) is 0 Å². The number of rotatable bonds is 5. The van der Waals surface area contributed by atoms with Crippen molar-refractivity contribution in [1.29, 1.82) is 0 Å². The second-order valence-corrected chi connectivity index (χ2v) is 4.97. The third-order valence-electron chi connectivity index (χ3n) is 2.59. The van der Waals surface area contributed by atoms with Crippen molar-refractivity contribution in [2.24, 2.45) is 0 Å². The van der Waals surface area contributed by atoms with Gasteiger partial charge in [-0.3, -0.25) is 0 Å². The van der Waals surface area contributed by atoms with Gasteiger partial charge < -0.3 is 10.1 Å². The molecule has 0 amide bonds. The smallest absolute Gasteiger partial charge is 0.137 e. The third-order valence-corrected chi connectivity index (χ3v) is 3.08. The van der Waals surface area contributed by atoms with Crippen molar-refractivity contribution < 1.29 is 4.74 Å². The van der Waals surface area contributed by atoms with E-state index in [1.54, 1.807) is 7.11 Å². The lowest BCUT2D eigenvalue weighted by atomic mass is 9.84. The number of hydrogen-bond donors (Lipinski definition) is 1. The number of methoxy groups -OCH3 is 1. The van der Waals surface area contributed by atoms with Crippen LogP contribution in [0.1, 0.15) is 19.4 Å². The number of alkyl halides is 1. The molecule has 1 N–H and O–H groups in total. The highest BCUT2D eigenvalue weighted by Gasteiger charge is 2.20. The van der Waals surface area contributed by atoms with Gasteiger partial charge >= 0.3 is 0 Å². The average Bonchev–Trinajstić information content (AvgIpc) is 2.26. The quantitative estimate of drug-likeness (QED) is 0.648. The number of nitrogens with one attached hydrogen (secondary N) is 1. The van der Waals surface area contributed by atoms with Gasteiger partial charge in [-0.1, -0.05) is 31.5 Å². The van der Waals surface area contributed by atoms with Crippen LogP contribution in [0.4, 0.5) is 0 Å². The molecule has 0 saturated carbocycles. The predicted octanol–water partition coefficient (Wildman–Crippen LogP) is 3.41. The molecule has 0 heterocycles. The van der Waals surface area contributed by atoms with Crippen LogP contribution in [-0.2, 0) is 5.41 Å². The molecule has 0 aromatic heterocycles. The van der Waals surface area contributed by atoms with Crippen molar-refractivity contribution >= 4 is 23.2 Å². The minimum absolute atomic E-state index is 0.00913. The fourth-order valence-corrected chi connectivity index (χ4v) is 1.90. The largest absolute Gasteiger partial charge is 0.495 e. The van der Waals surface area contributed by atoms with E-state index in [0.29, 0.717) is 16.8 Å². The molecule has 0 spiro atoms. The zero-order valence-corrected chi connectivity index (χ0v) is 11.3. The molecule has 2 nitrogen and oxygen atoms in total. The van der Waals surface area contributed by atoms with Gasteiger partial charge in [0.25, 0.3) is 0 Å². The molecule has 1 aromatic rings. The van der Waals surface area contributed by atoms with Crippen molar-refractivity contribution in [2.45, 2.75) is 19.3 Å². The van der Waals surface area contributed by atoms with Gasteiger partial charge in [0.1, 0.15) is 5.75 Å². The Kier molecular flexibility index (Phi) is 4.90. The zero-order valence-electron chi connectivity index (χ0n) is 9.81. The Morgan fingerprint density at radius 3 is 2.56 bits per heavy atom. The molecule has 4 heteroatoms. The van der Waals surface area contributed by atoms with Crippen LogP contribution in [0.5, 0.6) is 5.75 Å². The molecule has 0 radical (unpaired) electrons. The fraction of sp³-hybridized carbons (Fsp3) is 0.500. The lowest BCUT2D eigenvalue weighted by Crippen LogP contribution is -2.32. The maximum atomic E-state index is 6.10. The Bertz CT molecular complexity index is 353. The van der Waals surface area contributed by atoms with Gasteiger partial charge in [-0.25, -0.2) is 0 Å². The molecule has 0 aliphatic rings. The second kappa shape index (κ2) is 5.76. The van der Waals surface area contributed by atoms with Gasteiger partial charge in [-0.15, -0.1) is 11.6 Å². The molecule has 0 atom stereocenters. The monoisotopic (exact) mass is 261 g/mol. The average molecular weight is 262 g/mol. The van der Waals surface area contributed by atoms with Crippen LogP contribution >= 0.6 is 23.2 Å². The molecule has 90 valence electrons. The molecule has 1 rings (SSSR count). The highest BCUT2D eigenvalue weighted by Crippen LogP contribution is 2.30. The lowest BCUT2D eigenvalue weighted by molar-refractivity contribution is 0.414. The van der Waals surface area contributed by atoms with E-state index in [-0.39, 0.29) is 5.41 Å². The van der Waals surface area contributed by atoms with Crippen molar-refractivity contribution in [3.63, 3.8) is 0 Å². The normalized spacial score (nSPS) is 11.6. The first-order valence-electron chi connectivity index (χ1n) is 5.12. The first-order valence-corrected chi connectivity index (χ1v) is 6.03. The number of halogens is 2. The highest BCUT2D eigenvalue weighted by atomic mass is 35.5. The molecule has 0 aliphatic heterocycles. The van der Waals surface area contributed by atoms with E-state index < -0.39 is 0 Å². The van der Waals surface area contributed by atoms with Gasteiger partial charge in [-0.2, -0.15) is 0 Å². The summed E-state index contributed by atoms with van der Waals surface area (Å²) in [6.07, 6.45) is 0. The van der Waals surface area contributed by atoms with Crippen LogP contribution in [0.15, 0.2) is 18.2 Å². The fourth-order valence-electron chi connectivity index (χ4n) is 1.55. The Morgan fingerprint density at radius 1 is 1.38 bits per heavy atom. The summed E-state index contributed by atoms with van der Waals surface area (Å²) >= 11 is 11.7. The van der Waals surface area contributed by atoms with Gasteiger partial charge in [0.15, 0.2) is 0 Å². The van der Waals surface area contributed by atoms with E-state index in [1.807, 2.05) is 18.2 Å². The molecule has 0 bridgehead atoms. The minimum Gasteiger partial charge on any atom is -0.495 e. The van der Waals surface area contributed by atoms with Crippen molar-refractivity contribution in [3.05, 3.63) is 28.8 Å². The molecule has 0 unspecified atom stereocenters. The Balaban J connectivity index is 2.91. The topological polar surface area (TPSA) is 21.3 Å². The first kappa shape index (κ1) is 13.6. The SMILES string of the molecule is COc1ccc(C(C)(C)CNCCl)cc1Cl. The molecule has 0 saturated heterocycles. The van der Waals surface area contributed by atoms with E-state index in [0.717, 1.165) is 12.1 Å². The van der Waals surface area contributed by atoms with Crippen LogP contribution in [0.3, 0.4) is 0 Å².